The van der Waals surface area contributed by atoms with E-state index in [1.165, 1.54) is 36.0 Å². The molecular formula is C20H23NO2. The number of ether oxygens (including phenoxy) is 1. The highest BCUT2D eigenvalue weighted by Gasteiger charge is 2.18. The van der Waals surface area contributed by atoms with E-state index in [1.807, 2.05) is 43.3 Å². The van der Waals surface area contributed by atoms with Crippen molar-refractivity contribution in [3.05, 3.63) is 58.7 Å². The number of carbonyl (C=O) groups excluding carboxylic acids is 1. The Morgan fingerprint density at radius 2 is 1.65 bits per heavy atom. The quantitative estimate of drug-likeness (QED) is 0.846. The van der Waals surface area contributed by atoms with E-state index in [4.69, 9.17) is 4.74 Å². The number of fused-ring (bicyclic) bond motifs is 1. The lowest BCUT2D eigenvalue weighted by Gasteiger charge is -2.14. The summed E-state index contributed by atoms with van der Waals surface area (Å²) in [7, 11) is 1.63. The Labute approximate surface area is 137 Å². The van der Waals surface area contributed by atoms with Gasteiger partial charge in [0.2, 0.25) is 0 Å². The molecule has 3 nitrogen and oxygen atoms in total. The van der Waals surface area contributed by atoms with Gasteiger partial charge in [-0.05, 0) is 68.0 Å². The molecule has 3 heteroatoms. The predicted molar refractivity (Wildman–Crippen MR) is 93.4 cm³/mol. The van der Waals surface area contributed by atoms with Crippen molar-refractivity contribution in [3.8, 4) is 5.75 Å². The molecule has 0 saturated carbocycles. The van der Waals surface area contributed by atoms with Gasteiger partial charge >= 0.3 is 0 Å². The molecule has 0 saturated heterocycles. The molecule has 0 atom stereocenters. The van der Waals surface area contributed by atoms with E-state index in [-0.39, 0.29) is 5.91 Å². The first-order valence-corrected chi connectivity index (χ1v) is 8.25. The van der Waals surface area contributed by atoms with Crippen LogP contribution in [0.1, 0.15) is 46.3 Å². The summed E-state index contributed by atoms with van der Waals surface area (Å²) in [6, 6.07) is 11.9. The van der Waals surface area contributed by atoms with Crippen molar-refractivity contribution in [2.24, 2.45) is 0 Å². The summed E-state index contributed by atoms with van der Waals surface area (Å²) < 4.78 is 5.47. The summed E-state index contributed by atoms with van der Waals surface area (Å²) in [6.45, 7) is 2.03. The van der Waals surface area contributed by atoms with Crippen molar-refractivity contribution < 1.29 is 9.53 Å². The maximum Gasteiger partial charge on any atom is 0.259 e. The molecule has 1 aliphatic rings. The number of benzene rings is 2. The molecular weight excluding hydrogens is 286 g/mol. The molecule has 0 aliphatic heterocycles. The molecule has 0 bridgehead atoms. The standard InChI is InChI=1S/C20H23NO2/c1-14-8-10-17(11-9-14)21-20(22)18-12-15-6-4-3-5-7-16(15)13-19(18)23-2/h8-13H,3-7H2,1-2H3,(H,21,22). The van der Waals surface area contributed by atoms with Gasteiger partial charge in [-0.25, -0.2) is 0 Å². The van der Waals surface area contributed by atoms with Crippen LogP contribution in [0, 0.1) is 6.92 Å². The molecule has 1 aliphatic carbocycles. The average molecular weight is 309 g/mol. The number of amides is 1. The fourth-order valence-corrected chi connectivity index (χ4v) is 3.12. The van der Waals surface area contributed by atoms with E-state index in [0.717, 1.165) is 18.5 Å². The molecule has 0 fully saturated rings. The monoisotopic (exact) mass is 309 g/mol. The lowest BCUT2D eigenvalue weighted by molar-refractivity contribution is 0.102. The molecule has 0 aromatic heterocycles. The summed E-state index contributed by atoms with van der Waals surface area (Å²) in [5, 5.41) is 2.96. The van der Waals surface area contributed by atoms with E-state index in [2.05, 4.69) is 5.32 Å². The van der Waals surface area contributed by atoms with Gasteiger partial charge < -0.3 is 10.1 Å². The molecule has 2 aromatic rings. The molecule has 0 radical (unpaired) electrons. The second kappa shape index (κ2) is 6.86. The third-order valence-electron chi connectivity index (χ3n) is 4.47. The van der Waals surface area contributed by atoms with Gasteiger partial charge in [-0.2, -0.15) is 0 Å². The van der Waals surface area contributed by atoms with Gasteiger partial charge in [0.25, 0.3) is 5.91 Å². The molecule has 23 heavy (non-hydrogen) atoms. The Hall–Kier alpha value is -2.29. The minimum atomic E-state index is -0.113. The van der Waals surface area contributed by atoms with Crippen molar-refractivity contribution in [2.45, 2.75) is 39.0 Å². The van der Waals surface area contributed by atoms with Gasteiger partial charge in [-0.1, -0.05) is 24.1 Å². The van der Waals surface area contributed by atoms with Gasteiger partial charge in [-0.3, -0.25) is 4.79 Å². The largest absolute Gasteiger partial charge is 0.496 e. The van der Waals surface area contributed by atoms with Crippen LogP contribution in [0.2, 0.25) is 0 Å². The average Bonchev–Trinajstić information content (AvgIpc) is 2.80. The summed E-state index contributed by atoms with van der Waals surface area (Å²) >= 11 is 0. The summed E-state index contributed by atoms with van der Waals surface area (Å²) in [6.07, 6.45) is 5.78. The highest BCUT2D eigenvalue weighted by molar-refractivity contribution is 6.06. The second-order valence-corrected chi connectivity index (χ2v) is 6.20. The number of aryl methyl sites for hydroxylation is 3. The van der Waals surface area contributed by atoms with Crippen LogP contribution in [0.3, 0.4) is 0 Å². The number of carbonyl (C=O) groups is 1. The van der Waals surface area contributed by atoms with Gasteiger partial charge in [-0.15, -0.1) is 0 Å². The van der Waals surface area contributed by atoms with Gasteiger partial charge in [0, 0.05) is 5.69 Å². The zero-order chi connectivity index (χ0) is 16.2. The van der Waals surface area contributed by atoms with E-state index >= 15 is 0 Å². The first-order chi connectivity index (χ1) is 11.2. The van der Waals surface area contributed by atoms with Gasteiger partial charge in [0.1, 0.15) is 5.75 Å². The van der Waals surface area contributed by atoms with Crippen molar-refractivity contribution >= 4 is 11.6 Å². The SMILES string of the molecule is COc1cc2c(cc1C(=O)Nc1ccc(C)cc1)CCCCC2. The number of hydrogen-bond donors (Lipinski definition) is 1. The van der Waals surface area contributed by atoms with Crippen molar-refractivity contribution in [1.29, 1.82) is 0 Å². The predicted octanol–water partition coefficient (Wildman–Crippen LogP) is 4.52. The number of rotatable bonds is 3. The fourth-order valence-electron chi connectivity index (χ4n) is 3.12. The number of anilines is 1. The van der Waals surface area contributed by atoms with E-state index < -0.39 is 0 Å². The summed E-state index contributed by atoms with van der Waals surface area (Å²) in [4.78, 5) is 12.7. The first-order valence-electron chi connectivity index (χ1n) is 8.25. The van der Waals surface area contributed by atoms with Crippen LogP contribution in [-0.2, 0) is 12.8 Å². The van der Waals surface area contributed by atoms with Crippen LogP contribution in [0.5, 0.6) is 5.75 Å². The lowest BCUT2D eigenvalue weighted by Crippen LogP contribution is -2.14. The molecule has 120 valence electrons. The Balaban J connectivity index is 1.89. The first kappa shape index (κ1) is 15.6. The van der Waals surface area contributed by atoms with E-state index in [1.54, 1.807) is 7.11 Å². The van der Waals surface area contributed by atoms with Gasteiger partial charge in [0.15, 0.2) is 0 Å². The Kier molecular flexibility index (Phi) is 4.65. The van der Waals surface area contributed by atoms with Crippen molar-refractivity contribution in [1.82, 2.24) is 0 Å². The fraction of sp³-hybridized carbons (Fsp3) is 0.350. The zero-order valence-corrected chi connectivity index (χ0v) is 13.8. The second-order valence-electron chi connectivity index (χ2n) is 6.20. The summed E-state index contributed by atoms with van der Waals surface area (Å²) in [5.41, 5.74) is 5.21. The minimum Gasteiger partial charge on any atom is -0.496 e. The Bertz CT molecular complexity index is 704. The maximum atomic E-state index is 12.7. The van der Waals surface area contributed by atoms with Crippen molar-refractivity contribution in [3.63, 3.8) is 0 Å². The van der Waals surface area contributed by atoms with Crippen LogP contribution in [0.15, 0.2) is 36.4 Å². The summed E-state index contributed by atoms with van der Waals surface area (Å²) in [5.74, 6) is 0.549. The highest BCUT2D eigenvalue weighted by Crippen LogP contribution is 2.29. The van der Waals surface area contributed by atoms with Crippen LogP contribution in [0.4, 0.5) is 5.69 Å². The number of hydrogen-bond acceptors (Lipinski definition) is 2. The Morgan fingerprint density at radius 3 is 2.30 bits per heavy atom. The van der Waals surface area contributed by atoms with Crippen LogP contribution < -0.4 is 10.1 Å². The Morgan fingerprint density at radius 1 is 1.00 bits per heavy atom. The van der Waals surface area contributed by atoms with Crippen LogP contribution in [-0.4, -0.2) is 13.0 Å². The molecule has 1 amide bonds. The topological polar surface area (TPSA) is 38.3 Å². The highest BCUT2D eigenvalue weighted by atomic mass is 16.5. The third-order valence-corrected chi connectivity index (χ3v) is 4.47. The zero-order valence-electron chi connectivity index (χ0n) is 13.8. The maximum absolute atomic E-state index is 12.7. The molecule has 0 spiro atoms. The van der Waals surface area contributed by atoms with Gasteiger partial charge in [0.05, 0.1) is 12.7 Å². The lowest BCUT2D eigenvalue weighted by atomic mass is 9.98. The smallest absolute Gasteiger partial charge is 0.259 e. The number of methoxy groups -OCH3 is 1. The van der Waals surface area contributed by atoms with Crippen LogP contribution in [0.25, 0.3) is 0 Å². The normalized spacial score (nSPS) is 13.8. The molecule has 0 unspecified atom stereocenters. The minimum absolute atomic E-state index is 0.113. The number of nitrogens with one attached hydrogen (secondary N) is 1. The third kappa shape index (κ3) is 3.55. The van der Waals surface area contributed by atoms with Crippen molar-refractivity contribution in [2.75, 3.05) is 12.4 Å². The molecule has 0 heterocycles. The van der Waals surface area contributed by atoms with Crippen LogP contribution >= 0.6 is 0 Å². The molecule has 3 rings (SSSR count). The molecule has 2 aromatic carbocycles. The molecule has 1 N–H and O–H groups in total. The van der Waals surface area contributed by atoms with E-state index in [9.17, 15) is 4.79 Å². The van der Waals surface area contributed by atoms with E-state index in [0.29, 0.717) is 11.3 Å².